The zero-order valence-electron chi connectivity index (χ0n) is 7.71. The quantitative estimate of drug-likeness (QED) is 0.700. The van der Waals surface area contributed by atoms with E-state index in [1.54, 1.807) is 6.92 Å². The molecule has 2 heteroatoms. The molecule has 1 aromatic rings. The largest absolute Gasteiger partial charge is 0.310 e. The van der Waals surface area contributed by atoms with Crippen molar-refractivity contribution >= 4 is 11.5 Å². The van der Waals surface area contributed by atoms with Crippen LogP contribution in [0.25, 0.3) is 0 Å². The van der Waals surface area contributed by atoms with Gasteiger partial charge in [0, 0.05) is 18.6 Å². The monoisotopic (exact) mass is 175 g/mol. The van der Waals surface area contributed by atoms with E-state index in [1.165, 1.54) is 0 Å². The predicted molar refractivity (Wildman–Crippen MR) is 53.2 cm³/mol. The first-order chi connectivity index (χ1) is 6.18. The van der Waals surface area contributed by atoms with Gasteiger partial charge in [0.25, 0.3) is 0 Å². The Balaban J connectivity index is 2.50. The SMILES string of the molecule is CC(=N)CC(=O)Cc1ccccc1. The van der Waals surface area contributed by atoms with Gasteiger partial charge in [0.1, 0.15) is 5.78 Å². The van der Waals surface area contributed by atoms with Crippen LogP contribution in [0.2, 0.25) is 0 Å². The van der Waals surface area contributed by atoms with Crippen LogP contribution in [0.4, 0.5) is 0 Å². The number of carbonyl (C=O) groups is 1. The van der Waals surface area contributed by atoms with Crippen molar-refractivity contribution in [1.82, 2.24) is 0 Å². The van der Waals surface area contributed by atoms with E-state index in [9.17, 15) is 4.79 Å². The van der Waals surface area contributed by atoms with Crippen LogP contribution in [0.15, 0.2) is 30.3 Å². The van der Waals surface area contributed by atoms with Gasteiger partial charge in [-0.15, -0.1) is 0 Å². The molecule has 0 aliphatic heterocycles. The molecule has 0 spiro atoms. The van der Waals surface area contributed by atoms with Crippen LogP contribution < -0.4 is 0 Å². The van der Waals surface area contributed by atoms with E-state index in [4.69, 9.17) is 5.41 Å². The van der Waals surface area contributed by atoms with E-state index in [-0.39, 0.29) is 12.2 Å². The van der Waals surface area contributed by atoms with Gasteiger partial charge in [-0.05, 0) is 12.5 Å². The lowest BCUT2D eigenvalue weighted by Crippen LogP contribution is -2.06. The lowest BCUT2D eigenvalue weighted by Gasteiger charge is -1.99. The van der Waals surface area contributed by atoms with E-state index >= 15 is 0 Å². The third-order valence-electron chi connectivity index (χ3n) is 1.71. The summed E-state index contributed by atoms with van der Waals surface area (Å²) >= 11 is 0. The highest BCUT2D eigenvalue weighted by atomic mass is 16.1. The standard InChI is InChI=1S/C11H13NO/c1-9(12)7-11(13)8-10-5-3-2-4-6-10/h2-6,12H,7-8H2,1H3. The third kappa shape index (κ3) is 3.65. The number of Topliss-reactive ketones (excluding diaryl/α,β-unsaturated/α-hetero) is 1. The van der Waals surface area contributed by atoms with E-state index in [0.29, 0.717) is 12.1 Å². The minimum Gasteiger partial charge on any atom is -0.310 e. The van der Waals surface area contributed by atoms with Crippen molar-refractivity contribution in [2.75, 3.05) is 0 Å². The molecule has 13 heavy (non-hydrogen) atoms. The molecule has 0 amide bonds. The average Bonchev–Trinajstić information content (AvgIpc) is 2.04. The summed E-state index contributed by atoms with van der Waals surface area (Å²) in [6.45, 7) is 1.66. The van der Waals surface area contributed by atoms with Crippen molar-refractivity contribution < 1.29 is 4.79 Å². The van der Waals surface area contributed by atoms with Crippen molar-refractivity contribution in [2.24, 2.45) is 0 Å². The zero-order chi connectivity index (χ0) is 9.68. The normalized spacial score (nSPS) is 9.62. The van der Waals surface area contributed by atoms with E-state index in [2.05, 4.69) is 0 Å². The molecule has 0 heterocycles. The Labute approximate surface area is 78.1 Å². The van der Waals surface area contributed by atoms with Crippen LogP contribution in [0.1, 0.15) is 18.9 Å². The van der Waals surface area contributed by atoms with Crippen LogP contribution in [-0.4, -0.2) is 11.5 Å². The van der Waals surface area contributed by atoms with Gasteiger partial charge in [-0.1, -0.05) is 30.3 Å². The van der Waals surface area contributed by atoms with E-state index < -0.39 is 0 Å². The highest BCUT2D eigenvalue weighted by molar-refractivity contribution is 6.00. The van der Waals surface area contributed by atoms with Gasteiger partial charge in [-0.2, -0.15) is 0 Å². The molecule has 0 aromatic heterocycles. The minimum atomic E-state index is 0.110. The van der Waals surface area contributed by atoms with Gasteiger partial charge in [0.15, 0.2) is 0 Å². The van der Waals surface area contributed by atoms with Crippen molar-refractivity contribution in [3.8, 4) is 0 Å². The zero-order valence-corrected chi connectivity index (χ0v) is 7.71. The van der Waals surface area contributed by atoms with Crippen molar-refractivity contribution in [2.45, 2.75) is 19.8 Å². The molecule has 0 fully saturated rings. The summed E-state index contributed by atoms with van der Waals surface area (Å²) < 4.78 is 0. The van der Waals surface area contributed by atoms with Crippen molar-refractivity contribution in [3.63, 3.8) is 0 Å². The molecule has 0 bridgehead atoms. The second-order valence-corrected chi connectivity index (χ2v) is 3.16. The number of benzene rings is 1. The maximum absolute atomic E-state index is 11.3. The predicted octanol–water partition coefficient (Wildman–Crippen LogP) is 2.23. The Morgan fingerprint density at radius 3 is 2.46 bits per heavy atom. The molecule has 0 atom stereocenters. The number of nitrogens with one attached hydrogen (secondary N) is 1. The van der Waals surface area contributed by atoms with E-state index in [1.807, 2.05) is 30.3 Å². The average molecular weight is 175 g/mol. The fraction of sp³-hybridized carbons (Fsp3) is 0.273. The molecule has 0 saturated carbocycles. The molecule has 1 N–H and O–H groups in total. The van der Waals surface area contributed by atoms with Crippen LogP contribution in [-0.2, 0) is 11.2 Å². The topological polar surface area (TPSA) is 40.9 Å². The Morgan fingerprint density at radius 2 is 1.92 bits per heavy atom. The van der Waals surface area contributed by atoms with Gasteiger partial charge in [0.05, 0.1) is 0 Å². The first kappa shape index (κ1) is 9.65. The van der Waals surface area contributed by atoms with Gasteiger partial charge < -0.3 is 5.41 Å². The number of hydrogen-bond acceptors (Lipinski definition) is 2. The summed E-state index contributed by atoms with van der Waals surface area (Å²) in [5.74, 6) is 0.110. The second kappa shape index (κ2) is 4.55. The maximum atomic E-state index is 11.3. The molecule has 0 aliphatic rings. The van der Waals surface area contributed by atoms with Crippen LogP contribution in [0, 0.1) is 5.41 Å². The van der Waals surface area contributed by atoms with E-state index in [0.717, 1.165) is 5.56 Å². The summed E-state index contributed by atoms with van der Waals surface area (Å²) in [5.41, 5.74) is 1.45. The Morgan fingerprint density at radius 1 is 1.31 bits per heavy atom. The first-order valence-electron chi connectivity index (χ1n) is 4.28. The molecule has 0 aliphatic carbocycles. The molecular formula is C11H13NO. The minimum absolute atomic E-state index is 0.110. The highest BCUT2D eigenvalue weighted by Gasteiger charge is 2.03. The molecule has 0 saturated heterocycles. The molecule has 1 rings (SSSR count). The molecule has 68 valence electrons. The molecule has 0 unspecified atom stereocenters. The summed E-state index contributed by atoms with van der Waals surface area (Å²) in [6, 6.07) is 9.62. The van der Waals surface area contributed by atoms with Gasteiger partial charge in [-0.25, -0.2) is 0 Å². The lowest BCUT2D eigenvalue weighted by atomic mass is 10.1. The Hall–Kier alpha value is -1.44. The fourth-order valence-corrected chi connectivity index (χ4v) is 1.18. The molecule has 1 aromatic carbocycles. The maximum Gasteiger partial charge on any atom is 0.142 e. The highest BCUT2D eigenvalue weighted by Crippen LogP contribution is 2.01. The summed E-state index contributed by atoms with van der Waals surface area (Å²) in [6.07, 6.45) is 0.714. The molecule has 0 radical (unpaired) electrons. The summed E-state index contributed by atoms with van der Waals surface area (Å²) in [7, 11) is 0. The number of carbonyl (C=O) groups excluding carboxylic acids is 1. The van der Waals surface area contributed by atoms with Gasteiger partial charge in [-0.3, -0.25) is 4.79 Å². The summed E-state index contributed by atoms with van der Waals surface area (Å²) in [5, 5.41) is 7.17. The first-order valence-corrected chi connectivity index (χ1v) is 4.28. The Kier molecular flexibility index (Phi) is 3.38. The van der Waals surface area contributed by atoms with Crippen molar-refractivity contribution in [1.29, 1.82) is 5.41 Å². The third-order valence-corrected chi connectivity index (χ3v) is 1.71. The molecular weight excluding hydrogens is 162 g/mol. The number of rotatable bonds is 4. The fourth-order valence-electron chi connectivity index (χ4n) is 1.18. The smallest absolute Gasteiger partial charge is 0.142 e. The van der Waals surface area contributed by atoms with Crippen molar-refractivity contribution in [3.05, 3.63) is 35.9 Å². The number of hydrogen-bond donors (Lipinski definition) is 1. The molecule has 2 nitrogen and oxygen atoms in total. The summed E-state index contributed by atoms with van der Waals surface area (Å²) in [4.78, 5) is 11.3. The second-order valence-electron chi connectivity index (χ2n) is 3.16. The lowest BCUT2D eigenvalue weighted by molar-refractivity contribution is -0.117. The van der Waals surface area contributed by atoms with Crippen LogP contribution in [0.3, 0.4) is 0 Å². The van der Waals surface area contributed by atoms with Gasteiger partial charge in [0.2, 0.25) is 0 Å². The van der Waals surface area contributed by atoms with Crippen LogP contribution in [0.5, 0.6) is 0 Å². The van der Waals surface area contributed by atoms with Crippen LogP contribution >= 0.6 is 0 Å². The number of ketones is 1. The van der Waals surface area contributed by atoms with Gasteiger partial charge >= 0.3 is 0 Å². The Bertz CT molecular complexity index is 303.